The van der Waals surface area contributed by atoms with Crippen LogP contribution in [0.1, 0.15) is 0 Å². The molecule has 0 bridgehead atoms. The molecule has 0 aliphatic rings. The van der Waals surface area contributed by atoms with Crippen molar-refractivity contribution >= 4 is 53.4 Å². The molecule has 0 saturated heterocycles. The van der Waals surface area contributed by atoms with Crippen molar-refractivity contribution in [3.63, 3.8) is 0 Å². The molecule has 0 aliphatic carbocycles. The van der Waals surface area contributed by atoms with Gasteiger partial charge in [-0.3, -0.25) is 0 Å². The zero-order chi connectivity index (χ0) is 4.50. The summed E-state index contributed by atoms with van der Waals surface area (Å²) in [7, 11) is -5.64. The van der Waals surface area contributed by atoms with E-state index >= 15 is 0 Å². The van der Waals surface area contributed by atoms with Gasteiger partial charge in [0.2, 0.25) is 0 Å². The van der Waals surface area contributed by atoms with Crippen LogP contribution in [0.5, 0.6) is 0 Å². The second kappa shape index (κ2) is 10.1. The van der Waals surface area contributed by atoms with Gasteiger partial charge in [-0.25, -0.2) is 4.20 Å². The Kier molecular flexibility index (Phi) is 28.4. The van der Waals surface area contributed by atoms with Crippen LogP contribution in [0.25, 0.3) is 0 Å². The molecular formula is F2KO3PSr. The summed E-state index contributed by atoms with van der Waals surface area (Å²) in [4.78, 5) is 16.9. The van der Waals surface area contributed by atoms with Crippen molar-refractivity contribution in [1.29, 1.82) is 0 Å². The second-order valence-electron chi connectivity index (χ2n) is 0.431. The van der Waals surface area contributed by atoms with Crippen LogP contribution in [-0.2, 0) is 4.57 Å². The van der Waals surface area contributed by atoms with Crippen LogP contribution >= 0.6 is 7.91 Å². The summed E-state index contributed by atoms with van der Waals surface area (Å²) in [5, 5.41) is 0. The maximum atomic E-state index is 10.1. The van der Waals surface area contributed by atoms with E-state index in [9.17, 15) is 4.20 Å². The molecule has 0 aromatic carbocycles. The Morgan fingerprint density at radius 3 is 1.38 bits per heavy atom. The van der Waals surface area contributed by atoms with Crippen molar-refractivity contribution in [3.05, 3.63) is 0 Å². The van der Waals surface area contributed by atoms with E-state index in [2.05, 4.69) is 0 Å². The first-order chi connectivity index (χ1) is 2.00. The fourth-order valence-electron chi connectivity index (χ4n) is 0. The minimum atomic E-state index is -5.64. The van der Waals surface area contributed by atoms with Crippen molar-refractivity contribution < 1.29 is 74.6 Å². The topological polar surface area (TPSA) is 63.2 Å². The summed E-state index contributed by atoms with van der Waals surface area (Å²) in [6.07, 6.45) is 0. The first kappa shape index (κ1) is 22.5. The molecule has 0 radical (unpaired) electrons. The Morgan fingerprint density at radius 2 is 1.38 bits per heavy atom. The zero-order valence-electron chi connectivity index (χ0n) is 4.13. The molecule has 0 aliphatic heterocycles. The Morgan fingerprint density at radius 1 is 1.38 bits per heavy atom. The molecule has 0 spiro atoms. The molecule has 0 aromatic heterocycles. The van der Waals surface area contributed by atoms with Gasteiger partial charge in [0.25, 0.3) is 0 Å². The van der Waals surface area contributed by atoms with Gasteiger partial charge in [0.1, 0.15) is 7.91 Å². The molecular weight excluding hydrogens is 244 g/mol. The normalized spacial score (nSPS) is 7.38. The molecule has 8 heavy (non-hydrogen) atoms. The second-order valence-corrected chi connectivity index (χ2v) is 1.29. The van der Waals surface area contributed by atoms with Crippen LogP contribution in [-0.4, -0.2) is 45.5 Å². The predicted molar refractivity (Wildman–Crippen MR) is 14.5 cm³/mol. The van der Waals surface area contributed by atoms with E-state index in [-0.39, 0.29) is 102 Å². The SMILES string of the molecule is O=P([O-])([O-])F.[F-].[K+].[Sr+2]. The van der Waals surface area contributed by atoms with E-state index in [1.54, 1.807) is 0 Å². The van der Waals surface area contributed by atoms with Crippen LogP contribution in [0.3, 0.4) is 0 Å². The van der Waals surface area contributed by atoms with Gasteiger partial charge < -0.3 is 19.1 Å². The third kappa shape index (κ3) is 61.7. The average molecular weight is 244 g/mol. The summed E-state index contributed by atoms with van der Waals surface area (Å²) in [5.41, 5.74) is 0. The average Bonchev–Trinajstić information content (AvgIpc) is 0.722. The first-order valence-electron chi connectivity index (χ1n) is 0.717. The minimum absolute atomic E-state index is 0. The summed E-state index contributed by atoms with van der Waals surface area (Å²) < 4.78 is 18.6. The summed E-state index contributed by atoms with van der Waals surface area (Å²) >= 11 is 0. The van der Waals surface area contributed by atoms with Gasteiger partial charge in [-0.15, -0.1) is 0 Å². The van der Waals surface area contributed by atoms with E-state index in [0.29, 0.717) is 0 Å². The monoisotopic (exact) mass is 244 g/mol. The zero-order valence-corrected chi connectivity index (χ0v) is 11.6. The van der Waals surface area contributed by atoms with E-state index in [1.165, 1.54) is 0 Å². The molecule has 0 fully saturated rings. The van der Waals surface area contributed by atoms with E-state index < -0.39 is 7.91 Å². The molecule has 0 N–H and O–H groups in total. The predicted octanol–water partition coefficient (Wildman–Crippen LogP) is -7.59. The van der Waals surface area contributed by atoms with Gasteiger partial charge in [-0.05, 0) is 0 Å². The van der Waals surface area contributed by atoms with Crippen molar-refractivity contribution in [3.8, 4) is 0 Å². The Labute approximate surface area is 125 Å². The van der Waals surface area contributed by atoms with E-state index in [0.717, 1.165) is 0 Å². The van der Waals surface area contributed by atoms with Crippen molar-refractivity contribution in [1.82, 2.24) is 0 Å². The van der Waals surface area contributed by atoms with Crippen molar-refractivity contribution in [2.45, 2.75) is 0 Å². The van der Waals surface area contributed by atoms with Gasteiger partial charge in [0, 0.05) is 0 Å². The quantitative estimate of drug-likeness (QED) is 0.314. The van der Waals surface area contributed by atoms with Crippen LogP contribution < -0.4 is 65.9 Å². The Balaban J connectivity index is -0.0000000267. The number of hydrogen-bond donors (Lipinski definition) is 0. The van der Waals surface area contributed by atoms with Crippen molar-refractivity contribution in [2.24, 2.45) is 0 Å². The third-order valence-corrected chi connectivity index (χ3v) is 0. The van der Waals surface area contributed by atoms with Gasteiger partial charge >= 0.3 is 96.9 Å². The van der Waals surface area contributed by atoms with Crippen molar-refractivity contribution in [2.75, 3.05) is 0 Å². The third-order valence-electron chi connectivity index (χ3n) is 0. The van der Waals surface area contributed by atoms with E-state index in [4.69, 9.17) is 14.4 Å². The number of hydrogen-bond acceptors (Lipinski definition) is 3. The standard InChI is InChI=1S/FH2O3P.FH.K.Sr/c1-5(2,3)4;;;/h(H2,2,3,4);1H;;/q;;+1;+2/p-3. The Bertz CT molecular complexity index is 63.4. The number of halogens is 2. The van der Waals surface area contributed by atoms with Gasteiger partial charge in [-0.2, -0.15) is 0 Å². The molecule has 0 rings (SSSR count). The smallest absolute Gasteiger partial charge is 1.00 e. The van der Waals surface area contributed by atoms with Gasteiger partial charge in [0.05, 0.1) is 0 Å². The Hall–Kier alpha value is 3.13. The fraction of sp³-hybridized carbons (Fsp3) is 0. The largest absolute Gasteiger partial charge is 2.00 e. The minimum Gasteiger partial charge on any atom is -1.00 e. The molecule has 0 saturated carbocycles. The molecule has 3 nitrogen and oxygen atoms in total. The first-order valence-corrected chi connectivity index (χ1v) is 2.15. The summed E-state index contributed by atoms with van der Waals surface area (Å²) in [5.74, 6) is 0. The maximum Gasteiger partial charge on any atom is 2.00 e. The number of rotatable bonds is 0. The van der Waals surface area contributed by atoms with Crippen LogP contribution in [0.2, 0.25) is 0 Å². The molecule has 0 unspecified atom stereocenters. The molecule has 0 aromatic rings. The summed E-state index contributed by atoms with van der Waals surface area (Å²) in [6.45, 7) is 0. The van der Waals surface area contributed by atoms with Gasteiger partial charge in [-0.1, -0.05) is 0 Å². The molecule has 0 heterocycles. The summed E-state index contributed by atoms with van der Waals surface area (Å²) in [6, 6.07) is 0. The maximum absolute atomic E-state index is 10.1. The van der Waals surface area contributed by atoms with E-state index in [1.807, 2.05) is 0 Å². The molecule has 0 atom stereocenters. The van der Waals surface area contributed by atoms with Crippen LogP contribution in [0.15, 0.2) is 0 Å². The fourth-order valence-corrected chi connectivity index (χ4v) is 0. The van der Waals surface area contributed by atoms with Crippen LogP contribution in [0, 0.1) is 0 Å². The molecule has 40 valence electrons. The van der Waals surface area contributed by atoms with Gasteiger partial charge in [0.15, 0.2) is 0 Å². The molecule has 0 amide bonds. The van der Waals surface area contributed by atoms with Crippen LogP contribution in [0.4, 0.5) is 4.20 Å². The molecule has 8 heteroatoms.